The van der Waals surface area contributed by atoms with Gasteiger partial charge < -0.3 is 4.74 Å². The van der Waals surface area contributed by atoms with Crippen LogP contribution in [0.4, 0.5) is 4.39 Å². The first-order chi connectivity index (χ1) is 12.9. The monoisotopic (exact) mass is 405 g/mol. The Labute approximate surface area is 157 Å². The number of thiophene rings is 1. The topological polar surface area (TPSA) is 80.8 Å². The van der Waals surface area contributed by atoms with Gasteiger partial charge in [0, 0.05) is 4.70 Å². The Morgan fingerprint density at radius 2 is 1.93 bits per heavy atom. The minimum Gasteiger partial charge on any atom is -0.460 e. The standard InChI is InChI=1S/C18H12FNO5S2/c19-12-5-6-14-11(9-12)10-15(26-14)18(22)25-8-7-20-17(21)13-3-1-2-4-16(13)27(20,23)24/h1-6,9-10H,7-8H2. The van der Waals surface area contributed by atoms with Gasteiger partial charge in [-0.1, -0.05) is 12.1 Å². The summed E-state index contributed by atoms with van der Waals surface area (Å²) in [5.74, 6) is -1.70. The summed E-state index contributed by atoms with van der Waals surface area (Å²) in [6, 6.07) is 11.6. The number of sulfonamides is 1. The van der Waals surface area contributed by atoms with Gasteiger partial charge in [0.05, 0.1) is 12.1 Å². The molecule has 1 aromatic heterocycles. The molecule has 138 valence electrons. The third kappa shape index (κ3) is 2.98. The molecule has 0 bridgehead atoms. The molecule has 6 nitrogen and oxygen atoms in total. The lowest BCUT2D eigenvalue weighted by atomic mass is 10.2. The molecule has 1 aliphatic heterocycles. The van der Waals surface area contributed by atoms with Crippen LogP contribution in [0.5, 0.6) is 0 Å². The number of halogens is 1. The highest BCUT2D eigenvalue weighted by molar-refractivity contribution is 7.90. The van der Waals surface area contributed by atoms with Crippen molar-refractivity contribution in [2.24, 2.45) is 0 Å². The number of amides is 1. The van der Waals surface area contributed by atoms with Crippen molar-refractivity contribution in [1.29, 1.82) is 0 Å². The highest BCUT2D eigenvalue weighted by Crippen LogP contribution is 2.30. The molecule has 9 heteroatoms. The molecular formula is C18H12FNO5S2. The van der Waals surface area contributed by atoms with Crippen molar-refractivity contribution in [3.63, 3.8) is 0 Å². The number of carbonyl (C=O) groups excluding carboxylic acids is 2. The maximum Gasteiger partial charge on any atom is 0.348 e. The summed E-state index contributed by atoms with van der Waals surface area (Å²) < 4.78 is 44.6. The van der Waals surface area contributed by atoms with E-state index in [-0.39, 0.29) is 28.5 Å². The fraction of sp³-hybridized carbons (Fsp3) is 0.111. The minimum absolute atomic E-state index is 0.0483. The first-order valence-corrected chi connectivity index (χ1v) is 10.2. The van der Waals surface area contributed by atoms with Gasteiger partial charge in [0.2, 0.25) is 0 Å². The van der Waals surface area contributed by atoms with Gasteiger partial charge in [0.15, 0.2) is 0 Å². The lowest BCUT2D eigenvalue weighted by Gasteiger charge is -2.14. The molecule has 0 N–H and O–H groups in total. The van der Waals surface area contributed by atoms with Gasteiger partial charge in [-0.25, -0.2) is 21.9 Å². The molecule has 27 heavy (non-hydrogen) atoms. The van der Waals surface area contributed by atoms with Gasteiger partial charge in [0.1, 0.15) is 22.2 Å². The van der Waals surface area contributed by atoms with E-state index in [9.17, 15) is 22.4 Å². The van der Waals surface area contributed by atoms with Gasteiger partial charge in [0.25, 0.3) is 15.9 Å². The average Bonchev–Trinajstić information content (AvgIpc) is 3.14. The van der Waals surface area contributed by atoms with Crippen molar-refractivity contribution >= 4 is 43.3 Å². The van der Waals surface area contributed by atoms with E-state index in [2.05, 4.69) is 0 Å². The fourth-order valence-corrected chi connectivity index (χ4v) is 5.35. The maximum atomic E-state index is 13.2. The second kappa shape index (κ2) is 6.43. The van der Waals surface area contributed by atoms with Crippen molar-refractivity contribution in [2.45, 2.75) is 4.90 Å². The van der Waals surface area contributed by atoms with Crippen LogP contribution in [0.25, 0.3) is 10.1 Å². The number of hydrogen-bond acceptors (Lipinski definition) is 6. The molecule has 0 aliphatic carbocycles. The second-order valence-corrected chi connectivity index (χ2v) is 8.72. The molecule has 0 radical (unpaired) electrons. The molecule has 1 amide bonds. The number of ether oxygens (including phenoxy) is 1. The Bertz CT molecular complexity index is 1190. The Morgan fingerprint density at radius 3 is 2.70 bits per heavy atom. The van der Waals surface area contributed by atoms with E-state index in [4.69, 9.17) is 4.74 Å². The van der Waals surface area contributed by atoms with Crippen LogP contribution in [0.3, 0.4) is 0 Å². The number of benzene rings is 2. The fourth-order valence-electron chi connectivity index (χ4n) is 2.86. The minimum atomic E-state index is -3.93. The zero-order valence-corrected chi connectivity index (χ0v) is 15.3. The number of fused-ring (bicyclic) bond motifs is 2. The smallest absolute Gasteiger partial charge is 0.348 e. The van der Waals surface area contributed by atoms with Crippen molar-refractivity contribution in [1.82, 2.24) is 4.31 Å². The zero-order chi connectivity index (χ0) is 19.2. The van der Waals surface area contributed by atoms with Crippen LogP contribution in [-0.2, 0) is 14.8 Å². The summed E-state index contributed by atoms with van der Waals surface area (Å²) >= 11 is 1.15. The van der Waals surface area contributed by atoms with Crippen LogP contribution in [-0.4, -0.2) is 37.8 Å². The molecule has 0 unspecified atom stereocenters. The third-order valence-electron chi connectivity index (χ3n) is 4.12. The van der Waals surface area contributed by atoms with Gasteiger partial charge >= 0.3 is 5.97 Å². The van der Waals surface area contributed by atoms with Crippen molar-refractivity contribution in [3.05, 3.63) is 64.8 Å². The Morgan fingerprint density at radius 1 is 1.15 bits per heavy atom. The molecule has 0 fully saturated rings. The SMILES string of the molecule is O=C(OCCN1C(=O)c2ccccc2S1(=O)=O)c1cc2cc(F)ccc2s1. The molecule has 1 aliphatic rings. The third-order valence-corrected chi connectivity index (χ3v) is 7.06. The van der Waals surface area contributed by atoms with Crippen LogP contribution < -0.4 is 0 Å². The summed E-state index contributed by atoms with van der Waals surface area (Å²) in [5.41, 5.74) is 0.107. The van der Waals surface area contributed by atoms with Crippen LogP contribution >= 0.6 is 11.3 Å². The van der Waals surface area contributed by atoms with Gasteiger partial charge in [-0.15, -0.1) is 11.3 Å². The predicted octanol–water partition coefficient (Wildman–Crippen LogP) is 3.04. The second-order valence-electron chi connectivity index (χ2n) is 5.81. The molecule has 4 rings (SSSR count). The summed E-state index contributed by atoms with van der Waals surface area (Å²) in [6.07, 6.45) is 0. The Kier molecular flexibility index (Phi) is 4.20. The van der Waals surface area contributed by atoms with Crippen LogP contribution in [0.2, 0.25) is 0 Å². The number of esters is 1. The maximum absolute atomic E-state index is 13.2. The summed E-state index contributed by atoms with van der Waals surface area (Å²) in [7, 11) is -3.93. The largest absolute Gasteiger partial charge is 0.460 e. The summed E-state index contributed by atoms with van der Waals surface area (Å²) in [6.45, 7) is -0.554. The van der Waals surface area contributed by atoms with E-state index in [0.29, 0.717) is 9.69 Å². The van der Waals surface area contributed by atoms with Crippen LogP contribution in [0.15, 0.2) is 53.4 Å². The number of carbonyl (C=O) groups is 2. The quantitative estimate of drug-likeness (QED) is 0.624. The summed E-state index contributed by atoms with van der Waals surface area (Å²) in [5, 5.41) is 0.583. The molecule has 0 atom stereocenters. The first-order valence-electron chi connectivity index (χ1n) is 7.90. The predicted molar refractivity (Wildman–Crippen MR) is 96.7 cm³/mol. The van der Waals surface area contributed by atoms with Crippen molar-refractivity contribution in [3.8, 4) is 0 Å². The Hall–Kier alpha value is -2.78. The van der Waals surface area contributed by atoms with Crippen LogP contribution in [0.1, 0.15) is 20.0 Å². The van der Waals surface area contributed by atoms with Crippen molar-refractivity contribution < 1.29 is 27.1 Å². The highest BCUT2D eigenvalue weighted by atomic mass is 32.2. The van der Waals surface area contributed by atoms with E-state index < -0.39 is 27.7 Å². The highest BCUT2D eigenvalue weighted by Gasteiger charge is 2.40. The van der Waals surface area contributed by atoms with Gasteiger partial charge in [-0.3, -0.25) is 4.79 Å². The first kappa shape index (κ1) is 17.6. The molecular weight excluding hydrogens is 393 g/mol. The lowest BCUT2D eigenvalue weighted by Crippen LogP contribution is -2.33. The number of nitrogens with zero attached hydrogens (tertiary/aromatic N) is 1. The molecule has 0 saturated heterocycles. The summed E-state index contributed by atoms with van der Waals surface area (Å²) in [4.78, 5) is 24.7. The van der Waals surface area contributed by atoms with E-state index in [1.54, 1.807) is 12.1 Å². The van der Waals surface area contributed by atoms with Gasteiger partial charge in [-0.2, -0.15) is 0 Å². The normalized spacial score (nSPS) is 15.1. The van der Waals surface area contributed by atoms with E-state index in [1.165, 1.54) is 36.4 Å². The van der Waals surface area contributed by atoms with Crippen LogP contribution in [0, 0.1) is 5.82 Å². The van der Waals surface area contributed by atoms with Crippen molar-refractivity contribution in [2.75, 3.05) is 13.2 Å². The molecule has 0 spiro atoms. The molecule has 2 heterocycles. The number of rotatable bonds is 4. The van der Waals surface area contributed by atoms with Gasteiger partial charge in [-0.05, 0) is 41.8 Å². The van der Waals surface area contributed by atoms with E-state index >= 15 is 0 Å². The Balaban J connectivity index is 1.45. The van der Waals surface area contributed by atoms with E-state index in [1.807, 2.05) is 0 Å². The lowest BCUT2D eigenvalue weighted by molar-refractivity contribution is 0.0483. The zero-order valence-electron chi connectivity index (χ0n) is 13.7. The molecule has 0 saturated carbocycles. The molecule has 2 aromatic carbocycles. The molecule has 3 aromatic rings. The average molecular weight is 405 g/mol. The van der Waals surface area contributed by atoms with E-state index in [0.717, 1.165) is 16.0 Å². The number of hydrogen-bond donors (Lipinski definition) is 0.